The Labute approximate surface area is 103 Å². The number of ether oxygens (including phenoxy) is 1. The summed E-state index contributed by atoms with van der Waals surface area (Å²) >= 11 is 0. The Morgan fingerprint density at radius 2 is 1.76 bits per heavy atom. The van der Waals surface area contributed by atoms with E-state index in [-0.39, 0.29) is 0 Å². The minimum absolute atomic E-state index is 0.384. The summed E-state index contributed by atoms with van der Waals surface area (Å²) in [4.78, 5) is 0. The molecule has 92 valence electrons. The van der Waals surface area contributed by atoms with Crippen LogP contribution in [-0.2, 0) is 12.8 Å². The predicted octanol–water partition coefficient (Wildman–Crippen LogP) is 2.82. The molecule has 17 heavy (non-hydrogen) atoms. The predicted molar refractivity (Wildman–Crippen MR) is 69.3 cm³/mol. The average Bonchev–Trinajstić information content (AvgIpc) is 2.79. The van der Waals surface area contributed by atoms with Gasteiger partial charge in [-0.1, -0.05) is 6.07 Å². The summed E-state index contributed by atoms with van der Waals surface area (Å²) in [6, 6.07) is 7.02. The number of benzene rings is 1. The highest BCUT2D eigenvalue weighted by Gasteiger charge is 2.20. The van der Waals surface area contributed by atoms with E-state index in [1.165, 1.54) is 30.4 Å². The quantitative estimate of drug-likeness (QED) is 0.849. The lowest BCUT2D eigenvalue weighted by Gasteiger charge is -2.27. The summed E-state index contributed by atoms with van der Waals surface area (Å²) in [5, 5.41) is 0. The van der Waals surface area contributed by atoms with E-state index in [2.05, 4.69) is 18.2 Å². The average molecular weight is 231 g/mol. The van der Waals surface area contributed by atoms with Crippen LogP contribution >= 0.6 is 0 Å². The Bertz CT molecular complexity index is 394. The number of fused-ring (bicyclic) bond motifs is 1. The summed E-state index contributed by atoms with van der Waals surface area (Å²) < 4.78 is 6.07. The molecule has 0 aliphatic heterocycles. The number of aryl methyl sites for hydroxylation is 2. The van der Waals surface area contributed by atoms with Crippen molar-refractivity contribution in [1.82, 2.24) is 0 Å². The molecular formula is C15H21NO. The first-order valence-electron chi connectivity index (χ1n) is 6.85. The second kappa shape index (κ2) is 4.69. The Hall–Kier alpha value is -1.02. The molecular weight excluding hydrogens is 210 g/mol. The molecule has 0 amide bonds. The summed E-state index contributed by atoms with van der Waals surface area (Å²) in [6.45, 7) is 0. The minimum Gasteiger partial charge on any atom is -0.490 e. The molecule has 0 saturated heterocycles. The Kier molecular flexibility index (Phi) is 3.06. The molecule has 0 heterocycles. The van der Waals surface area contributed by atoms with Gasteiger partial charge in [0.05, 0.1) is 6.10 Å². The van der Waals surface area contributed by atoms with Crippen molar-refractivity contribution < 1.29 is 4.74 Å². The Morgan fingerprint density at radius 1 is 1.00 bits per heavy atom. The highest BCUT2D eigenvalue weighted by molar-refractivity contribution is 5.38. The van der Waals surface area contributed by atoms with Gasteiger partial charge >= 0.3 is 0 Å². The zero-order valence-corrected chi connectivity index (χ0v) is 10.3. The molecule has 1 saturated carbocycles. The fourth-order valence-corrected chi connectivity index (χ4v) is 3.02. The molecule has 1 aromatic rings. The molecule has 1 fully saturated rings. The van der Waals surface area contributed by atoms with E-state index < -0.39 is 0 Å². The highest BCUT2D eigenvalue weighted by atomic mass is 16.5. The Balaban J connectivity index is 1.65. The first kappa shape index (κ1) is 11.1. The van der Waals surface area contributed by atoms with Crippen LogP contribution in [0.2, 0.25) is 0 Å². The Morgan fingerprint density at radius 3 is 2.59 bits per heavy atom. The fourth-order valence-electron chi connectivity index (χ4n) is 3.02. The van der Waals surface area contributed by atoms with E-state index in [0.29, 0.717) is 12.1 Å². The van der Waals surface area contributed by atoms with Crippen LogP contribution in [0.3, 0.4) is 0 Å². The third-order valence-electron chi connectivity index (χ3n) is 4.09. The van der Waals surface area contributed by atoms with E-state index in [4.69, 9.17) is 10.5 Å². The molecule has 0 atom stereocenters. The smallest absolute Gasteiger partial charge is 0.120 e. The van der Waals surface area contributed by atoms with Crippen LogP contribution in [0.1, 0.15) is 43.2 Å². The third-order valence-corrected chi connectivity index (χ3v) is 4.09. The van der Waals surface area contributed by atoms with Crippen molar-refractivity contribution in [2.75, 3.05) is 0 Å². The highest BCUT2D eigenvalue weighted by Crippen LogP contribution is 2.28. The molecule has 1 aromatic carbocycles. The molecule has 0 aromatic heterocycles. The molecule has 2 heteroatoms. The number of rotatable bonds is 2. The van der Waals surface area contributed by atoms with Gasteiger partial charge in [-0.25, -0.2) is 0 Å². The second-order valence-corrected chi connectivity index (χ2v) is 5.44. The standard InChI is InChI=1S/C15H21NO/c16-13-5-8-14(9-6-13)17-15-7-4-11-2-1-3-12(11)10-15/h4,7,10,13-14H,1-3,5-6,8-9,16H2. The minimum atomic E-state index is 0.384. The van der Waals surface area contributed by atoms with Crippen LogP contribution in [-0.4, -0.2) is 12.1 Å². The van der Waals surface area contributed by atoms with Crippen molar-refractivity contribution in [3.63, 3.8) is 0 Å². The van der Waals surface area contributed by atoms with E-state index in [1.54, 1.807) is 0 Å². The molecule has 0 spiro atoms. The number of hydrogen-bond acceptors (Lipinski definition) is 2. The summed E-state index contributed by atoms with van der Waals surface area (Å²) in [7, 11) is 0. The molecule has 2 aliphatic rings. The molecule has 0 radical (unpaired) electrons. The maximum absolute atomic E-state index is 6.07. The summed E-state index contributed by atoms with van der Waals surface area (Å²) in [5.74, 6) is 1.06. The van der Waals surface area contributed by atoms with Crippen LogP contribution < -0.4 is 10.5 Å². The van der Waals surface area contributed by atoms with Crippen LogP contribution in [0, 0.1) is 0 Å². The molecule has 0 bridgehead atoms. The van der Waals surface area contributed by atoms with Crippen LogP contribution in [0.5, 0.6) is 5.75 Å². The van der Waals surface area contributed by atoms with Gasteiger partial charge in [-0.3, -0.25) is 0 Å². The molecule has 3 rings (SSSR count). The fraction of sp³-hybridized carbons (Fsp3) is 0.600. The van der Waals surface area contributed by atoms with Crippen molar-refractivity contribution in [2.45, 2.75) is 57.1 Å². The zero-order valence-electron chi connectivity index (χ0n) is 10.3. The maximum atomic E-state index is 6.07. The lowest BCUT2D eigenvalue weighted by molar-refractivity contribution is 0.147. The van der Waals surface area contributed by atoms with Gasteiger partial charge in [0, 0.05) is 6.04 Å². The van der Waals surface area contributed by atoms with E-state index in [1.807, 2.05) is 0 Å². The summed E-state index contributed by atoms with van der Waals surface area (Å²) in [5.41, 5.74) is 8.92. The lowest BCUT2D eigenvalue weighted by atomic mass is 9.94. The summed E-state index contributed by atoms with van der Waals surface area (Å²) in [6.07, 6.45) is 8.59. The van der Waals surface area contributed by atoms with Crippen LogP contribution in [0.25, 0.3) is 0 Å². The van der Waals surface area contributed by atoms with Crippen molar-refractivity contribution in [3.8, 4) is 5.75 Å². The number of nitrogens with two attached hydrogens (primary N) is 1. The van der Waals surface area contributed by atoms with Crippen molar-refractivity contribution in [2.24, 2.45) is 5.73 Å². The molecule has 2 nitrogen and oxygen atoms in total. The second-order valence-electron chi connectivity index (χ2n) is 5.44. The lowest BCUT2D eigenvalue weighted by Crippen LogP contribution is -2.31. The van der Waals surface area contributed by atoms with Gasteiger partial charge < -0.3 is 10.5 Å². The molecule has 2 aliphatic carbocycles. The largest absolute Gasteiger partial charge is 0.490 e. The van der Waals surface area contributed by atoms with Gasteiger partial charge in [0.1, 0.15) is 5.75 Å². The van der Waals surface area contributed by atoms with E-state index in [9.17, 15) is 0 Å². The SMILES string of the molecule is NC1CCC(Oc2ccc3c(c2)CCC3)CC1. The van der Waals surface area contributed by atoms with Gasteiger partial charge in [0.15, 0.2) is 0 Å². The zero-order chi connectivity index (χ0) is 11.7. The van der Waals surface area contributed by atoms with Gasteiger partial charge in [0.25, 0.3) is 0 Å². The van der Waals surface area contributed by atoms with Gasteiger partial charge in [-0.05, 0) is 68.2 Å². The van der Waals surface area contributed by atoms with Crippen LogP contribution in [0.15, 0.2) is 18.2 Å². The van der Waals surface area contributed by atoms with Crippen LogP contribution in [0.4, 0.5) is 0 Å². The monoisotopic (exact) mass is 231 g/mol. The molecule has 0 unspecified atom stereocenters. The number of hydrogen-bond donors (Lipinski definition) is 1. The van der Waals surface area contributed by atoms with Crippen molar-refractivity contribution in [1.29, 1.82) is 0 Å². The third kappa shape index (κ3) is 2.47. The van der Waals surface area contributed by atoms with E-state index in [0.717, 1.165) is 31.4 Å². The van der Waals surface area contributed by atoms with E-state index >= 15 is 0 Å². The van der Waals surface area contributed by atoms with Gasteiger partial charge in [-0.2, -0.15) is 0 Å². The topological polar surface area (TPSA) is 35.2 Å². The normalized spacial score (nSPS) is 27.8. The first-order valence-corrected chi connectivity index (χ1v) is 6.85. The van der Waals surface area contributed by atoms with Crippen molar-refractivity contribution >= 4 is 0 Å². The first-order chi connectivity index (χ1) is 8.31. The van der Waals surface area contributed by atoms with Gasteiger partial charge in [-0.15, -0.1) is 0 Å². The van der Waals surface area contributed by atoms with Gasteiger partial charge in [0.2, 0.25) is 0 Å². The van der Waals surface area contributed by atoms with Crippen molar-refractivity contribution in [3.05, 3.63) is 29.3 Å². The maximum Gasteiger partial charge on any atom is 0.120 e. The molecule has 2 N–H and O–H groups in total.